The first-order valence-electron chi connectivity index (χ1n) is 6.30. The summed E-state index contributed by atoms with van der Waals surface area (Å²) >= 11 is 1.69. The van der Waals surface area contributed by atoms with Gasteiger partial charge in [0.15, 0.2) is 5.78 Å². The van der Waals surface area contributed by atoms with Crippen LogP contribution in [0.4, 0.5) is 0 Å². The molecule has 96 valence electrons. The molecule has 0 aliphatic rings. The summed E-state index contributed by atoms with van der Waals surface area (Å²) in [5, 5.41) is 0. The highest BCUT2D eigenvalue weighted by atomic mass is 32.2. The van der Waals surface area contributed by atoms with Gasteiger partial charge in [0.2, 0.25) is 0 Å². The highest BCUT2D eigenvalue weighted by molar-refractivity contribution is 7.99. The largest absolute Gasteiger partial charge is 0.289 e. The number of ketones is 1. The average Bonchev–Trinajstić information content (AvgIpc) is 2.42. The molecule has 2 heteroatoms. The van der Waals surface area contributed by atoms with Crippen LogP contribution in [0.1, 0.15) is 37.0 Å². The summed E-state index contributed by atoms with van der Waals surface area (Å²) in [7, 11) is 0. The van der Waals surface area contributed by atoms with Crippen LogP contribution in [0.5, 0.6) is 0 Å². The van der Waals surface area contributed by atoms with Gasteiger partial charge in [-0.25, -0.2) is 0 Å². The first kappa shape index (κ1) is 14.8. The molecule has 0 aliphatic carbocycles. The van der Waals surface area contributed by atoms with Gasteiger partial charge in [0, 0.05) is 16.2 Å². The topological polar surface area (TPSA) is 17.1 Å². The van der Waals surface area contributed by atoms with Crippen molar-refractivity contribution in [1.29, 1.82) is 0 Å². The van der Waals surface area contributed by atoms with Gasteiger partial charge in [-0.2, -0.15) is 0 Å². The lowest BCUT2D eigenvalue weighted by molar-refractivity contribution is 0.102. The van der Waals surface area contributed by atoms with Crippen LogP contribution in [0.3, 0.4) is 0 Å². The summed E-state index contributed by atoms with van der Waals surface area (Å²) in [5.41, 5.74) is 1.45. The van der Waals surface area contributed by atoms with E-state index in [2.05, 4.69) is 25.7 Å². The van der Waals surface area contributed by atoms with E-state index >= 15 is 0 Å². The summed E-state index contributed by atoms with van der Waals surface area (Å²) in [6, 6.07) is 7.76. The van der Waals surface area contributed by atoms with E-state index in [-0.39, 0.29) is 5.78 Å². The Bertz CT molecular complexity index is 446. The third-order valence-electron chi connectivity index (χ3n) is 2.62. The Balaban J connectivity index is 2.82. The minimum atomic E-state index is 0.0695. The quantitative estimate of drug-likeness (QED) is 0.300. The third kappa shape index (κ3) is 4.19. The van der Waals surface area contributed by atoms with E-state index in [1.165, 1.54) is 0 Å². The van der Waals surface area contributed by atoms with Gasteiger partial charge >= 0.3 is 0 Å². The highest BCUT2D eigenvalue weighted by Crippen LogP contribution is 2.25. The van der Waals surface area contributed by atoms with Crippen LogP contribution in [0.2, 0.25) is 0 Å². The average molecular weight is 260 g/mol. The van der Waals surface area contributed by atoms with Gasteiger partial charge in [-0.05, 0) is 30.5 Å². The number of Topliss-reactive ketones (excluding diaryl/α,β-unsaturated/α-hetero) is 1. The van der Waals surface area contributed by atoms with Crippen molar-refractivity contribution in [2.75, 3.05) is 5.75 Å². The molecule has 0 N–H and O–H groups in total. The van der Waals surface area contributed by atoms with Gasteiger partial charge in [0.05, 0.1) is 0 Å². The van der Waals surface area contributed by atoms with Gasteiger partial charge in [-0.15, -0.1) is 11.8 Å². The Labute approximate surface area is 114 Å². The summed E-state index contributed by atoms with van der Waals surface area (Å²) in [5.74, 6) is 0.969. The summed E-state index contributed by atoms with van der Waals surface area (Å²) in [4.78, 5) is 13.2. The number of benzene rings is 1. The van der Waals surface area contributed by atoms with Crippen molar-refractivity contribution in [3.8, 4) is 0 Å². The van der Waals surface area contributed by atoms with Crippen molar-refractivity contribution in [2.24, 2.45) is 0 Å². The van der Waals surface area contributed by atoms with Crippen molar-refractivity contribution in [3.63, 3.8) is 0 Å². The van der Waals surface area contributed by atoms with Crippen LogP contribution in [-0.2, 0) is 0 Å². The van der Waals surface area contributed by atoms with E-state index in [4.69, 9.17) is 0 Å². The Morgan fingerprint density at radius 1 is 1.28 bits per heavy atom. The molecular weight excluding hydrogens is 240 g/mol. The highest BCUT2D eigenvalue weighted by Gasteiger charge is 2.12. The monoisotopic (exact) mass is 260 g/mol. The molecule has 0 fully saturated rings. The third-order valence-corrected chi connectivity index (χ3v) is 3.64. The zero-order valence-electron chi connectivity index (χ0n) is 11.1. The van der Waals surface area contributed by atoms with Crippen LogP contribution in [0, 0.1) is 0 Å². The lowest BCUT2D eigenvalue weighted by Crippen LogP contribution is -2.03. The molecule has 0 amide bonds. The van der Waals surface area contributed by atoms with Crippen LogP contribution in [0.25, 0.3) is 0 Å². The minimum Gasteiger partial charge on any atom is -0.289 e. The molecule has 0 saturated heterocycles. The van der Waals surface area contributed by atoms with E-state index in [1.807, 2.05) is 31.2 Å². The lowest BCUT2D eigenvalue weighted by atomic mass is 10.0. The fourth-order valence-corrected chi connectivity index (χ4v) is 2.41. The zero-order valence-corrected chi connectivity index (χ0v) is 11.9. The maximum atomic E-state index is 12.2. The second-order valence-corrected chi connectivity index (χ2v) is 5.03. The number of thioether (sulfide) groups is 1. The first-order valence-corrected chi connectivity index (χ1v) is 7.28. The van der Waals surface area contributed by atoms with E-state index < -0.39 is 0 Å². The van der Waals surface area contributed by atoms with Crippen molar-refractivity contribution in [2.45, 2.75) is 31.6 Å². The molecule has 18 heavy (non-hydrogen) atoms. The molecule has 1 nitrogen and oxygen atoms in total. The van der Waals surface area contributed by atoms with Gasteiger partial charge in [0.25, 0.3) is 0 Å². The van der Waals surface area contributed by atoms with Gasteiger partial charge < -0.3 is 0 Å². The second kappa shape index (κ2) is 7.93. The molecule has 0 atom stereocenters. The maximum Gasteiger partial charge on any atom is 0.189 e. The zero-order chi connectivity index (χ0) is 13.4. The predicted molar refractivity (Wildman–Crippen MR) is 80.4 cm³/mol. The van der Waals surface area contributed by atoms with Crippen LogP contribution >= 0.6 is 11.8 Å². The molecule has 1 rings (SSSR count). The van der Waals surface area contributed by atoms with Crippen LogP contribution in [0.15, 0.2) is 53.5 Å². The van der Waals surface area contributed by atoms with Gasteiger partial charge in [-0.1, -0.05) is 44.7 Å². The van der Waals surface area contributed by atoms with E-state index in [0.29, 0.717) is 12.0 Å². The Kier molecular flexibility index (Phi) is 6.51. The molecule has 0 unspecified atom stereocenters. The molecule has 0 saturated carbocycles. The molecule has 1 aromatic carbocycles. The first-order chi connectivity index (χ1) is 8.70. The Morgan fingerprint density at radius 2 is 2.00 bits per heavy atom. The second-order valence-electron chi connectivity index (χ2n) is 3.97. The van der Waals surface area contributed by atoms with E-state index in [0.717, 1.165) is 22.6 Å². The number of carbonyl (C=O) groups excluding carboxylic acids is 1. The van der Waals surface area contributed by atoms with Crippen molar-refractivity contribution in [3.05, 3.63) is 54.1 Å². The SMILES string of the molecule is C=C(CC)C(=O)c1ccccc1SC/C=C\CC. The van der Waals surface area contributed by atoms with Crippen LogP contribution in [-0.4, -0.2) is 11.5 Å². The standard InChI is InChI=1S/C16H20OS/c1-4-6-9-12-18-15-11-8-7-10-14(15)16(17)13(3)5-2/h6-11H,3-5,12H2,1-2H3/b9-6-. The molecular formula is C16H20OS. The Hall–Kier alpha value is -1.28. The van der Waals surface area contributed by atoms with Crippen molar-refractivity contribution < 1.29 is 4.79 Å². The molecule has 0 aliphatic heterocycles. The predicted octanol–water partition coefficient (Wildman–Crippen LogP) is 4.89. The number of rotatable bonds is 7. The van der Waals surface area contributed by atoms with Gasteiger partial charge in [-0.3, -0.25) is 4.79 Å². The molecule has 0 heterocycles. The number of hydrogen-bond donors (Lipinski definition) is 0. The van der Waals surface area contributed by atoms with Crippen LogP contribution < -0.4 is 0 Å². The Morgan fingerprint density at radius 3 is 2.67 bits per heavy atom. The fraction of sp³-hybridized carbons (Fsp3) is 0.312. The molecule has 0 aromatic heterocycles. The van der Waals surface area contributed by atoms with Crippen molar-refractivity contribution >= 4 is 17.5 Å². The number of carbonyl (C=O) groups is 1. The van der Waals surface area contributed by atoms with E-state index in [9.17, 15) is 4.79 Å². The number of allylic oxidation sites excluding steroid dienone is 2. The summed E-state index contributed by atoms with van der Waals surface area (Å²) < 4.78 is 0. The van der Waals surface area contributed by atoms with Crippen molar-refractivity contribution in [1.82, 2.24) is 0 Å². The minimum absolute atomic E-state index is 0.0695. The normalized spacial score (nSPS) is 10.8. The molecule has 0 bridgehead atoms. The lowest BCUT2D eigenvalue weighted by Gasteiger charge is -2.07. The van der Waals surface area contributed by atoms with E-state index in [1.54, 1.807) is 11.8 Å². The fourth-order valence-electron chi connectivity index (χ4n) is 1.50. The summed E-state index contributed by atoms with van der Waals surface area (Å²) in [6.45, 7) is 7.90. The smallest absolute Gasteiger partial charge is 0.189 e. The van der Waals surface area contributed by atoms with Gasteiger partial charge in [0.1, 0.15) is 0 Å². The number of hydrogen-bond acceptors (Lipinski definition) is 2. The summed E-state index contributed by atoms with van der Waals surface area (Å²) in [6.07, 6.45) is 6.03. The maximum absolute atomic E-state index is 12.2. The molecule has 0 spiro atoms. The molecule has 0 radical (unpaired) electrons. The molecule has 1 aromatic rings.